The predicted molar refractivity (Wildman–Crippen MR) is 116 cm³/mol. The average Bonchev–Trinajstić information content (AvgIpc) is 3.19. The van der Waals surface area contributed by atoms with Crippen LogP contribution in [-0.4, -0.2) is 39.2 Å². The number of aryl methyl sites for hydroxylation is 2. The molecular formula is C21H23N5O7. The largest absolute Gasteiger partial charge is 0.490 e. The third-order valence-electron chi connectivity index (χ3n) is 4.57. The topological polar surface area (TPSA) is 154 Å². The number of pyridine rings is 1. The van der Waals surface area contributed by atoms with Gasteiger partial charge in [0.2, 0.25) is 11.6 Å². The molecule has 3 rings (SSSR count). The van der Waals surface area contributed by atoms with E-state index in [9.17, 15) is 14.9 Å². The van der Waals surface area contributed by atoms with Crippen molar-refractivity contribution in [3.8, 4) is 28.6 Å². The average molecular weight is 457 g/mol. The highest BCUT2D eigenvalue weighted by molar-refractivity contribution is 5.75. The zero-order valence-corrected chi connectivity index (χ0v) is 18.5. The van der Waals surface area contributed by atoms with Crippen molar-refractivity contribution in [1.82, 2.24) is 14.8 Å². The maximum absolute atomic E-state index is 11.6. The first-order chi connectivity index (χ1) is 15.7. The summed E-state index contributed by atoms with van der Waals surface area (Å²) in [5.41, 5.74) is 6.96. The quantitative estimate of drug-likeness (QED) is 0.290. The van der Waals surface area contributed by atoms with E-state index in [0.717, 1.165) is 5.56 Å². The van der Waals surface area contributed by atoms with Gasteiger partial charge in [-0.25, -0.2) is 9.78 Å². The van der Waals surface area contributed by atoms with Gasteiger partial charge in [0.1, 0.15) is 5.75 Å². The highest BCUT2D eigenvalue weighted by atomic mass is 16.7. The van der Waals surface area contributed by atoms with E-state index in [4.69, 9.17) is 24.7 Å². The molecule has 0 saturated heterocycles. The van der Waals surface area contributed by atoms with Gasteiger partial charge in [-0.2, -0.15) is 5.10 Å². The van der Waals surface area contributed by atoms with Crippen molar-refractivity contribution >= 4 is 11.8 Å². The number of nitrogens with two attached hydrogens (primary N) is 1. The van der Waals surface area contributed by atoms with Gasteiger partial charge in [-0.15, -0.1) is 0 Å². The van der Waals surface area contributed by atoms with Crippen LogP contribution in [0.25, 0.3) is 11.3 Å². The van der Waals surface area contributed by atoms with E-state index in [2.05, 4.69) is 10.1 Å². The minimum atomic E-state index is -0.972. The third-order valence-corrected chi connectivity index (χ3v) is 4.57. The number of hydrogen-bond acceptors (Lipinski definition) is 9. The number of primary amides is 1. The molecule has 0 saturated carbocycles. The smallest absolute Gasteiger partial charge is 0.411 e. The molecule has 12 nitrogen and oxygen atoms in total. The molecule has 0 aliphatic heterocycles. The van der Waals surface area contributed by atoms with Gasteiger partial charge in [-0.3, -0.25) is 14.8 Å². The molecule has 174 valence electrons. The number of amides is 1. The van der Waals surface area contributed by atoms with Crippen LogP contribution in [0, 0.1) is 17.0 Å². The number of rotatable bonds is 9. The minimum Gasteiger partial charge on any atom is -0.490 e. The standard InChI is InChI=1S/C21H23N5O7/c1-12-5-6-19(33-21(22)27)23-17(12)11-31-13(2)32-14-9-15(16-7-8-25(3)24-16)20(30-4)18(10-14)26(28)29/h5-10,13H,11H2,1-4H3,(H2,22,27). The summed E-state index contributed by atoms with van der Waals surface area (Å²) in [7, 11) is 3.09. The molecule has 2 aromatic heterocycles. The first-order valence-electron chi connectivity index (χ1n) is 9.76. The summed E-state index contributed by atoms with van der Waals surface area (Å²) in [6, 6.07) is 7.79. The molecule has 0 aliphatic rings. The summed E-state index contributed by atoms with van der Waals surface area (Å²) in [6.45, 7) is 3.49. The van der Waals surface area contributed by atoms with Crippen LogP contribution in [0.4, 0.5) is 10.5 Å². The summed E-state index contributed by atoms with van der Waals surface area (Å²) in [4.78, 5) is 26.2. The lowest BCUT2D eigenvalue weighted by atomic mass is 10.1. The second-order valence-electron chi connectivity index (χ2n) is 6.99. The summed E-state index contributed by atoms with van der Waals surface area (Å²) >= 11 is 0. The fourth-order valence-electron chi connectivity index (χ4n) is 3.03. The number of aromatic nitrogens is 3. The van der Waals surface area contributed by atoms with Crippen LogP contribution in [0.3, 0.4) is 0 Å². The van der Waals surface area contributed by atoms with Crippen LogP contribution in [0.5, 0.6) is 17.4 Å². The Hall–Kier alpha value is -4.19. The molecule has 1 atom stereocenters. The molecule has 1 amide bonds. The zero-order valence-electron chi connectivity index (χ0n) is 18.5. The number of nitro groups is 1. The molecule has 0 radical (unpaired) electrons. The Kier molecular flexibility index (Phi) is 7.08. The number of hydrogen-bond donors (Lipinski definition) is 1. The maximum atomic E-state index is 11.6. The fraction of sp³-hybridized carbons (Fsp3) is 0.286. The first-order valence-corrected chi connectivity index (χ1v) is 9.76. The molecule has 33 heavy (non-hydrogen) atoms. The minimum absolute atomic E-state index is 0.0360. The van der Waals surface area contributed by atoms with Crippen LogP contribution < -0.4 is 19.9 Å². The van der Waals surface area contributed by atoms with Gasteiger partial charge in [0.15, 0.2) is 6.29 Å². The summed E-state index contributed by atoms with van der Waals surface area (Å²) in [5.74, 6) is 0.322. The molecular weight excluding hydrogens is 434 g/mol. The Morgan fingerprint density at radius 1 is 1.30 bits per heavy atom. The van der Waals surface area contributed by atoms with Gasteiger partial charge in [0, 0.05) is 19.3 Å². The van der Waals surface area contributed by atoms with Gasteiger partial charge in [-0.1, -0.05) is 6.07 Å². The highest BCUT2D eigenvalue weighted by Gasteiger charge is 2.24. The van der Waals surface area contributed by atoms with Gasteiger partial charge in [-0.05, 0) is 31.5 Å². The molecule has 0 spiro atoms. The number of methoxy groups -OCH3 is 1. The van der Waals surface area contributed by atoms with Gasteiger partial charge >= 0.3 is 11.8 Å². The first kappa shape index (κ1) is 23.5. The molecule has 1 aromatic carbocycles. The molecule has 0 fully saturated rings. The van der Waals surface area contributed by atoms with Crippen molar-refractivity contribution in [3.05, 3.63) is 57.9 Å². The van der Waals surface area contributed by atoms with E-state index >= 15 is 0 Å². The van der Waals surface area contributed by atoms with E-state index in [1.165, 1.54) is 19.2 Å². The van der Waals surface area contributed by atoms with Crippen molar-refractivity contribution < 1.29 is 28.7 Å². The molecule has 0 aliphatic carbocycles. The molecule has 2 N–H and O–H groups in total. The monoisotopic (exact) mass is 457 g/mol. The second kappa shape index (κ2) is 9.96. The Balaban J connectivity index is 1.81. The summed E-state index contributed by atoms with van der Waals surface area (Å²) < 4.78 is 23.1. The number of ether oxygens (including phenoxy) is 4. The number of benzene rings is 1. The number of nitrogens with zero attached hydrogens (tertiary/aromatic N) is 4. The second-order valence-corrected chi connectivity index (χ2v) is 6.99. The molecule has 12 heteroatoms. The van der Waals surface area contributed by atoms with Crippen molar-refractivity contribution in [1.29, 1.82) is 0 Å². The Morgan fingerprint density at radius 2 is 2.06 bits per heavy atom. The van der Waals surface area contributed by atoms with E-state index < -0.39 is 17.3 Å². The highest BCUT2D eigenvalue weighted by Crippen LogP contribution is 2.41. The van der Waals surface area contributed by atoms with Gasteiger partial charge in [0.25, 0.3) is 0 Å². The van der Waals surface area contributed by atoms with E-state index in [0.29, 0.717) is 17.0 Å². The Bertz CT molecular complexity index is 1180. The number of carbonyl (C=O) groups is 1. The van der Waals surface area contributed by atoms with Crippen LogP contribution in [-0.2, 0) is 18.4 Å². The van der Waals surface area contributed by atoms with Crippen molar-refractivity contribution in [2.75, 3.05) is 7.11 Å². The van der Waals surface area contributed by atoms with Gasteiger partial charge in [0.05, 0.1) is 41.7 Å². The Labute approximate surface area is 189 Å². The van der Waals surface area contributed by atoms with E-state index in [-0.39, 0.29) is 29.7 Å². The fourth-order valence-corrected chi connectivity index (χ4v) is 3.03. The van der Waals surface area contributed by atoms with Gasteiger partial charge < -0.3 is 24.7 Å². The van der Waals surface area contributed by atoms with E-state index in [1.54, 1.807) is 43.0 Å². The lowest BCUT2D eigenvalue weighted by Gasteiger charge is -2.17. The predicted octanol–water partition coefficient (Wildman–Crippen LogP) is 3.11. The SMILES string of the molecule is COc1c(-c2ccn(C)n2)cc(OC(C)OCc2nc(OC(N)=O)ccc2C)cc1[N+](=O)[O-]. The summed E-state index contributed by atoms with van der Waals surface area (Å²) in [5, 5.41) is 15.9. The van der Waals surface area contributed by atoms with Crippen LogP contribution >= 0.6 is 0 Å². The number of carbonyl (C=O) groups excluding carboxylic acids is 1. The van der Waals surface area contributed by atoms with Crippen molar-refractivity contribution in [2.45, 2.75) is 26.7 Å². The van der Waals surface area contributed by atoms with Crippen molar-refractivity contribution in [3.63, 3.8) is 0 Å². The molecule has 0 bridgehead atoms. The number of nitro benzene ring substituents is 1. The lowest BCUT2D eigenvalue weighted by Crippen LogP contribution is -2.19. The normalized spacial score (nSPS) is 11.6. The Morgan fingerprint density at radius 3 is 2.67 bits per heavy atom. The van der Waals surface area contributed by atoms with Crippen molar-refractivity contribution in [2.24, 2.45) is 12.8 Å². The maximum Gasteiger partial charge on any atom is 0.411 e. The zero-order chi connectivity index (χ0) is 24.1. The molecule has 1 unspecified atom stereocenters. The lowest BCUT2D eigenvalue weighted by molar-refractivity contribution is -0.385. The molecule has 3 aromatic rings. The van der Waals surface area contributed by atoms with Crippen LogP contribution in [0.2, 0.25) is 0 Å². The van der Waals surface area contributed by atoms with Crippen LogP contribution in [0.15, 0.2) is 36.5 Å². The molecule has 2 heterocycles. The van der Waals surface area contributed by atoms with E-state index in [1.807, 2.05) is 6.92 Å². The third kappa shape index (κ3) is 5.74. The summed E-state index contributed by atoms with van der Waals surface area (Å²) in [6.07, 6.45) is -0.0538. The van der Waals surface area contributed by atoms with Crippen LogP contribution in [0.1, 0.15) is 18.2 Å².